The molecule has 1 amide bonds. The Kier molecular flexibility index (Phi) is 7.06. The lowest BCUT2D eigenvalue weighted by Crippen LogP contribution is -2.38. The number of nitrogens with one attached hydrogen (secondary N) is 1. The van der Waals surface area contributed by atoms with Gasteiger partial charge in [-0.25, -0.2) is 0 Å². The number of benzene rings is 1. The predicted molar refractivity (Wildman–Crippen MR) is 80.7 cm³/mol. The average Bonchev–Trinajstić information content (AvgIpc) is 2.29. The third kappa shape index (κ3) is 5.35. The zero-order valence-corrected chi connectivity index (χ0v) is 13.3. The van der Waals surface area contributed by atoms with Gasteiger partial charge in [0, 0.05) is 21.6 Å². The molecule has 0 aliphatic rings. The Balaban J connectivity index is 2.63. The first-order chi connectivity index (χ1) is 8.17. The first-order valence-electron chi connectivity index (χ1n) is 5.28. The summed E-state index contributed by atoms with van der Waals surface area (Å²) in [5, 5.41) is 3.81. The molecule has 1 rings (SSSR count). The van der Waals surface area contributed by atoms with Crippen molar-refractivity contribution < 1.29 is 9.53 Å². The molecule has 1 N–H and O–H groups in total. The molecule has 0 fully saturated rings. The van der Waals surface area contributed by atoms with Crippen LogP contribution < -0.4 is 5.32 Å². The van der Waals surface area contributed by atoms with Crippen LogP contribution in [0.1, 0.15) is 16.8 Å². The van der Waals surface area contributed by atoms with Crippen LogP contribution in [0.2, 0.25) is 0 Å². The predicted octanol–water partition coefficient (Wildman–Crippen LogP) is 2.82. The molecule has 0 heterocycles. The number of methoxy groups -OCH3 is 1. The molecule has 0 spiro atoms. The van der Waals surface area contributed by atoms with Crippen molar-refractivity contribution in [3.8, 4) is 0 Å². The molecule has 0 radical (unpaired) electrons. The van der Waals surface area contributed by atoms with Crippen molar-refractivity contribution in [2.45, 2.75) is 12.5 Å². The third-order valence-electron chi connectivity index (χ3n) is 2.25. The summed E-state index contributed by atoms with van der Waals surface area (Å²) in [4.78, 5) is 12.0. The van der Waals surface area contributed by atoms with Crippen LogP contribution >= 0.6 is 38.5 Å². The molecule has 1 unspecified atom stereocenters. The zero-order valence-electron chi connectivity index (χ0n) is 9.58. The van der Waals surface area contributed by atoms with Gasteiger partial charge in [-0.15, -0.1) is 0 Å². The maximum absolute atomic E-state index is 12.0. The van der Waals surface area contributed by atoms with Gasteiger partial charge in [0.05, 0.1) is 12.6 Å². The number of alkyl halides is 1. The van der Waals surface area contributed by atoms with Gasteiger partial charge in [-0.3, -0.25) is 4.79 Å². The fraction of sp³-hybridized carbons (Fsp3) is 0.417. The van der Waals surface area contributed by atoms with E-state index in [9.17, 15) is 4.79 Å². The van der Waals surface area contributed by atoms with Crippen molar-refractivity contribution in [3.63, 3.8) is 0 Å². The SMILES string of the molecule is COCC(CCBr)NC(=O)c1cccc(I)c1. The van der Waals surface area contributed by atoms with E-state index >= 15 is 0 Å². The van der Waals surface area contributed by atoms with Gasteiger partial charge in [-0.05, 0) is 47.2 Å². The minimum atomic E-state index is -0.0495. The Morgan fingerprint density at radius 2 is 2.35 bits per heavy atom. The largest absolute Gasteiger partial charge is 0.383 e. The Labute approximate surface area is 124 Å². The normalized spacial score (nSPS) is 12.2. The molecule has 1 atom stereocenters. The molecule has 0 bridgehead atoms. The summed E-state index contributed by atoms with van der Waals surface area (Å²) in [6.07, 6.45) is 0.851. The summed E-state index contributed by atoms with van der Waals surface area (Å²) in [5.74, 6) is -0.0495. The summed E-state index contributed by atoms with van der Waals surface area (Å²) in [6, 6.07) is 7.57. The van der Waals surface area contributed by atoms with Crippen molar-refractivity contribution in [2.75, 3.05) is 19.0 Å². The van der Waals surface area contributed by atoms with Crippen LogP contribution in [0.15, 0.2) is 24.3 Å². The zero-order chi connectivity index (χ0) is 12.7. The summed E-state index contributed by atoms with van der Waals surface area (Å²) >= 11 is 5.56. The highest BCUT2D eigenvalue weighted by Crippen LogP contribution is 2.08. The van der Waals surface area contributed by atoms with E-state index in [1.807, 2.05) is 24.3 Å². The molecule has 1 aromatic carbocycles. The number of carbonyl (C=O) groups is 1. The molecule has 0 aliphatic heterocycles. The molecular formula is C12H15BrINO2. The number of amides is 1. The monoisotopic (exact) mass is 411 g/mol. The number of hydrogen-bond donors (Lipinski definition) is 1. The van der Waals surface area contributed by atoms with Crippen LogP contribution in [0, 0.1) is 3.57 Å². The maximum Gasteiger partial charge on any atom is 0.251 e. The van der Waals surface area contributed by atoms with Gasteiger partial charge < -0.3 is 10.1 Å². The number of hydrogen-bond acceptors (Lipinski definition) is 2. The second-order valence-electron chi connectivity index (χ2n) is 3.61. The first-order valence-corrected chi connectivity index (χ1v) is 7.48. The van der Waals surface area contributed by atoms with E-state index in [4.69, 9.17) is 4.74 Å². The Bertz CT molecular complexity index is 367. The highest BCUT2D eigenvalue weighted by molar-refractivity contribution is 14.1. The number of carbonyl (C=O) groups excluding carboxylic acids is 1. The van der Waals surface area contributed by atoms with E-state index in [-0.39, 0.29) is 11.9 Å². The van der Waals surface area contributed by atoms with Crippen LogP contribution in [-0.2, 0) is 4.74 Å². The van der Waals surface area contributed by atoms with E-state index in [2.05, 4.69) is 43.8 Å². The van der Waals surface area contributed by atoms with Crippen LogP contribution in [0.4, 0.5) is 0 Å². The molecule has 1 aromatic rings. The van der Waals surface area contributed by atoms with Crippen molar-refractivity contribution in [3.05, 3.63) is 33.4 Å². The minimum absolute atomic E-state index is 0.0461. The van der Waals surface area contributed by atoms with Crippen molar-refractivity contribution in [1.29, 1.82) is 0 Å². The first kappa shape index (κ1) is 14.9. The summed E-state index contributed by atoms with van der Waals surface area (Å²) in [7, 11) is 1.64. The van der Waals surface area contributed by atoms with Crippen molar-refractivity contribution >= 4 is 44.4 Å². The second-order valence-corrected chi connectivity index (χ2v) is 5.65. The molecule has 0 aromatic heterocycles. The standard InChI is InChI=1S/C12H15BrINO2/c1-17-8-11(5-6-13)15-12(16)9-3-2-4-10(14)7-9/h2-4,7,11H,5-6,8H2,1H3,(H,15,16). The Morgan fingerprint density at radius 3 is 2.94 bits per heavy atom. The lowest BCUT2D eigenvalue weighted by molar-refractivity contribution is 0.0895. The molecule has 0 aliphatic carbocycles. The molecule has 0 saturated heterocycles. The van der Waals surface area contributed by atoms with E-state index in [0.29, 0.717) is 12.2 Å². The summed E-state index contributed by atoms with van der Waals surface area (Å²) < 4.78 is 6.13. The van der Waals surface area contributed by atoms with Crippen LogP contribution in [0.25, 0.3) is 0 Å². The van der Waals surface area contributed by atoms with Crippen molar-refractivity contribution in [2.24, 2.45) is 0 Å². The van der Waals surface area contributed by atoms with E-state index in [1.54, 1.807) is 7.11 Å². The lowest BCUT2D eigenvalue weighted by atomic mass is 10.2. The highest BCUT2D eigenvalue weighted by atomic mass is 127. The van der Waals surface area contributed by atoms with Crippen molar-refractivity contribution in [1.82, 2.24) is 5.32 Å². The maximum atomic E-state index is 12.0. The van der Waals surface area contributed by atoms with Gasteiger partial charge in [0.15, 0.2) is 0 Å². The smallest absolute Gasteiger partial charge is 0.251 e. The van der Waals surface area contributed by atoms with Gasteiger partial charge in [0.25, 0.3) is 5.91 Å². The van der Waals surface area contributed by atoms with E-state index < -0.39 is 0 Å². The molecule has 0 saturated carbocycles. The summed E-state index contributed by atoms with van der Waals surface area (Å²) in [5.41, 5.74) is 0.688. The number of halogens is 2. The molecule has 5 heteroatoms. The van der Waals surface area contributed by atoms with Crippen LogP contribution in [-0.4, -0.2) is 31.0 Å². The summed E-state index contributed by atoms with van der Waals surface area (Å²) in [6.45, 7) is 0.529. The topological polar surface area (TPSA) is 38.3 Å². The van der Waals surface area contributed by atoms with Crippen LogP contribution in [0.3, 0.4) is 0 Å². The van der Waals surface area contributed by atoms with E-state index in [1.165, 1.54) is 0 Å². The Hall–Kier alpha value is -0.140. The number of rotatable bonds is 6. The second kappa shape index (κ2) is 8.05. The van der Waals surface area contributed by atoms with Gasteiger partial charge in [-0.1, -0.05) is 22.0 Å². The van der Waals surface area contributed by atoms with Gasteiger partial charge >= 0.3 is 0 Å². The highest BCUT2D eigenvalue weighted by Gasteiger charge is 2.13. The molecule has 17 heavy (non-hydrogen) atoms. The molecular weight excluding hydrogens is 397 g/mol. The quantitative estimate of drug-likeness (QED) is 0.577. The fourth-order valence-corrected chi connectivity index (χ4v) is 2.52. The van der Waals surface area contributed by atoms with E-state index in [0.717, 1.165) is 15.3 Å². The van der Waals surface area contributed by atoms with Gasteiger partial charge in [-0.2, -0.15) is 0 Å². The molecule has 94 valence electrons. The molecule has 3 nitrogen and oxygen atoms in total. The van der Waals surface area contributed by atoms with Crippen LogP contribution in [0.5, 0.6) is 0 Å². The average molecular weight is 412 g/mol. The minimum Gasteiger partial charge on any atom is -0.383 e. The lowest BCUT2D eigenvalue weighted by Gasteiger charge is -2.16. The third-order valence-corrected chi connectivity index (χ3v) is 3.38. The van der Waals surface area contributed by atoms with Gasteiger partial charge in [0.2, 0.25) is 0 Å². The number of ether oxygens (including phenoxy) is 1. The fourth-order valence-electron chi connectivity index (χ4n) is 1.43. The Morgan fingerprint density at radius 1 is 1.59 bits per heavy atom. The van der Waals surface area contributed by atoms with Gasteiger partial charge in [0.1, 0.15) is 0 Å².